The Labute approximate surface area is 154 Å². The zero-order valence-electron chi connectivity index (χ0n) is 15.7. The molecule has 3 aromatic rings. The van der Waals surface area contributed by atoms with Crippen LogP contribution < -0.4 is 4.90 Å². The van der Waals surface area contributed by atoms with Gasteiger partial charge in [-0.25, -0.2) is 0 Å². The van der Waals surface area contributed by atoms with Crippen LogP contribution in [-0.4, -0.2) is 17.4 Å². The third kappa shape index (κ3) is 2.88. The van der Waals surface area contributed by atoms with Gasteiger partial charge in [0.15, 0.2) is 0 Å². The summed E-state index contributed by atoms with van der Waals surface area (Å²) < 4.78 is 0. The fourth-order valence-electron chi connectivity index (χ4n) is 4.06. The van der Waals surface area contributed by atoms with Gasteiger partial charge in [0.25, 0.3) is 0 Å². The van der Waals surface area contributed by atoms with Crippen LogP contribution in [-0.2, 0) is 17.6 Å². The summed E-state index contributed by atoms with van der Waals surface area (Å²) in [7, 11) is 0. The SMILES string of the molecule is Cc1ccc2c(c1)CCCN2C(=O)Cc1c(C)nc2ccccc2c1C. The van der Waals surface area contributed by atoms with Crippen molar-refractivity contribution in [2.75, 3.05) is 11.4 Å². The van der Waals surface area contributed by atoms with Gasteiger partial charge in [-0.1, -0.05) is 35.9 Å². The molecule has 26 heavy (non-hydrogen) atoms. The summed E-state index contributed by atoms with van der Waals surface area (Å²) in [6, 6.07) is 14.6. The van der Waals surface area contributed by atoms with Gasteiger partial charge in [0, 0.05) is 23.3 Å². The van der Waals surface area contributed by atoms with Gasteiger partial charge in [-0.05, 0) is 62.4 Å². The largest absolute Gasteiger partial charge is 0.312 e. The predicted octanol–water partition coefficient (Wildman–Crippen LogP) is 4.68. The van der Waals surface area contributed by atoms with Crippen molar-refractivity contribution < 1.29 is 4.79 Å². The highest BCUT2D eigenvalue weighted by Crippen LogP contribution is 2.30. The smallest absolute Gasteiger partial charge is 0.231 e. The van der Waals surface area contributed by atoms with E-state index in [9.17, 15) is 4.79 Å². The van der Waals surface area contributed by atoms with Crippen molar-refractivity contribution in [3.63, 3.8) is 0 Å². The van der Waals surface area contributed by atoms with E-state index in [1.807, 2.05) is 30.0 Å². The number of anilines is 1. The van der Waals surface area contributed by atoms with E-state index in [2.05, 4.69) is 38.1 Å². The number of carbonyl (C=O) groups excluding carboxylic acids is 1. The van der Waals surface area contributed by atoms with E-state index in [1.165, 1.54) is 16.7 Å². The van der Waals surface area contributed by atoms with E-state index in [0.717, 1.165) is 47.2 Å². The number of benzene rings is 2. The molecule has 1 aliphatic rings. The number of aryl methyl sites for hydroxylation is 4. The van der Waals surface area contributed by atoms with Crippen LogP contribution >= 0.6 is 0 Å². The number of nitrogens with zero attached hydrogens (tertiary/aromatic N) is 2. The van der Waals surface area contributed by atoms with E-state index in [1.54, 1.807) is 0 Å². The number of para-hydroxylation sites is 1. The first-order chi connectivity index (χ1) is 12.5. The quantitative estimate of drug-likeness (QED) is 0.676. The summed E-state index contributed by atoms with van der Waals surface area (Å²) in [6.07, 6.45) is 2.48. The minimum absolute atomic E-state index is 0.165. The molecular formula is C23H24N2O. The minimum Gasteiger partial charge on any atom is -0.312 e. The summed E-state index contributed by atoms with van der Waals surface area (Å²) in [5.41, 5.74) is 7.80. The van der Waals surface area contributed by atoms with Crippen LogP contribution in [0.15, 0.2) is 42.5 Å². The Morgan fingerprint density at radius 1 is 1.12 bits per heavy atom. The first-order valence-electron chi connectivity index (χ1n) is 9.29. The molecule has 0 unspecified atom stereocenters. The second-order valence-corrected chi connectivity index (χ2v) is 7.28. The molecule has 4 rings (SSSR count). The summed E-state index contributed by atoms with van der Waals surface area (Å²) in [4.78, 5) is 19.8. The van der Waals surface area contributed by atoms with Crippen molar-refractivity contribution in [1.29, 1.82) is 0 Å². The molecule has 1 aliphatic heterocycles. The molecule has 0 atom stereocenters. The molecule has 0 radical (unpaired) electrons. The van der Waals surface area contributed by atoms with Gasteiger partial charge in [-0.3, -0.25) is 9.78 Å². The Balaban J connectivity index is 1.69. The first-order valence-corrected chi connectivity index (χ1v) is 9.29. The standard InChI is InChI=1S/C23H24N2O/c1-15-10-11-22-18(13-15)7-6-12-25(22)23(26)14-20-16(2)19-8-4-5-9-21(19)24-17(20)3/h4-5,8-11,13H,6-7,12,14H2,1-3H3. The molecule has 132 valence electrons. The molecule has 1 amide bonds. The molecule has 0 bridgehead atoms. The monoisotopic (exact) mass is 344 g/mol. The van der Waals surface area contributed by atoms with Crippen LogP contribution in [0, 0.1) is 20.8 Å². The van der Waals surface area contributed by atoms with E-state index >= 15 is 0 Å². The van der Waals surface area contributed by atoms with Crippen molar-refractivity contribution >= 4 is 22.5 Å². The number of carbonyl (C=O) groups is 1. The lowest BCUT2D eigenvalue weighted by atomic mass is 9.96. The van der Waals surface area contributed by atoms with Gasteiger partial charge < -0.3 is 4.90 Å². The number of hydrogen-bond donors (Lipinski definition) is 0. The average Bonchev–Trinajstić information content (AvgIpc) is 2.64. The first kappa shape index (κ1) is 16.8. The maximum Gasteiger partial charge on any atom is 0.231 e. The molecule has 0 N–H and O–H groups in total. The molecule has 0 aliphatic carbocycles. The minimum atomic E-state index is 0.165. The van der Waals surface area contributed by atoms with Gasteiger partial charge in [-0.15, -0.1) is 0 Å². The van der Waals surface area contributed by atoms with Crippen LogP contribution in [0.3, 0.4) is 0 Å². The molecular weight excluding hydrogens is 320 g/mol. The van der Waals surface area contributed by atoms with Crippen molar-refractivity contribution in [1.82, 2.24) is 4.98 Å². The fourth-order valence-corrected chi connectivity index (χ4v) is 4.06. The second-order valence-electron chi connectivity index (χ2n) is 7.28. The number of hydrogen-bond acceptors (Lipinski definition) is 2. The van der Waals surface area contributed by atoms with E-state index in [0.29, 0.717) is 6.42 Å². The van der Waals surface area contributed by atoms with Crippen molar-refractivity contribution in [2.45, 2.75) is 40.0 Å². The highest BCUT2D eigenvalue weighted by atomic mass is 16.2. The Kier molecular flexibility index (Phi) is 4.23. The lowest BCUT2D eigenvalue weighted by Gasteiger charge is -2.30. The number of fused-ring (bicyclic) bond motifs is 2. The molecule has 0 fully saturated rings. The Bertz CT molecular complexity index is 1010. The number of amides is 1. The highest BCUT2D eigenvalue weighted by Gasteiger charge is 2.24. The summed E-state index contributed by atoms with van der Waals surface area (Å²) in [6.45, 7) is 7.02. The van der Waals surface area contributed by atoms with Gasteiger partial charge in [0.2, 0.25) is 5.91 Å². The Hall–Kier alpha value is -2.68. The van der Waals surface area contributed by atoms with Crippen LogP contribution in [0.1, 0.15) is 34.4 Å². The Morgan fingerprint density at radius 3 is 2.77 bits per heavy atom. The third-order valence-corrected chi connectivity index (χ3v) is 5.47. The van der Waals surface area contributed by atoms with Crippen molar-refractivity contribution in [3.8, 4) is 0 Å². The van der Waals surface area contributed by atoms with Crippen LogP contribution in [0.4, 0.5) is 5.69 Å². The average molecular weight is 344 g/mol. The number of rotatable bonds is 2. The lowest BCUT2D eigenvalue weighted by molar-refractivity contribution is -0.118. The second kappa shape index (κ2) is 6.56. The molecule has 2 aromatic carbocycles. The normalized spacial score (nSPS) is 13.7. The third-order valence-electron chi connectivity index (χ3n) is 5.47. The van der Waals surface area contributed by atoms with Crippen molar-refractivity contribution in [3.05, 3.63) is 70.4 Å². The highest BCUT2D eigenvalue weighted by molar-refractivity contribution is 5.97. The van der Waals surface area contributed by atoms with Gasteiger partial charge >= 0.3 is 0 Å². The van der Waals surface area contributed by atoms with E-state index in [4.69, 9.17) is 4.98 Å². The molecule has 2 heterocycles. The van der Waals surface area contributed by atoms with E-state index < -0.39 is 0 Å². The molecule has 0 spiro atoms. The molecule has 0 saturated heterocycles. The number of pyridine rings is 1. The summed E-state index contributed by atoms with van der Waals surface area (Å²) in [5.74, 6) is 0.165. The zero-order chi connectivity index (χ0) is 18.3. The molecule has 3 heteroatoms. The maximum absolute atomic E-state index is 13.2. The van der Waals surface area contributed by atoms with Gasteiger partial charge in [0.05, 0.1) is 11.9 Å². The van der Waals surface area contributed by atoms with Crippen LogP contribution in [0.25, 0.3) is 10.9 Å². The molecule has 1 aromatic heterocycles. The van der Waals surface area contributed by atoms with Gasteiger partial charge in [0.1, 0.15) is 0 Å². The predicted molar refractivity (Wildman–Crippen MR) is 107 cm³/mol. The molecule has 0 saturated carbocycles. The molecule has 3 nitrogen and oxygen atoms in total. The van der Waals surface area contributed by atoms with Gasteiger partial charge in [-0.2, -0.15) is 0 Å². The maximum atomic E-state index is 13.2. The lowest BCUT2D eigenvalue weighted by Crippen LogP contribution is -2.36. The number of aromatic nitrogens is 1. The van der Waals surface area contributed by atoms with Crippen LogP contribution in [0.5, 0.6) is 0 Å². The zero-order valence-corrected chi connectivity index (χ0v) is 15.7. The summed E-state index contributed by atoms with van der Waals surface area (Å²) in [5, 5.41) is 1.13. The summed E-state index contributed by atoms with van der Waals surface area (Å²) >= 11 is 0. The van der Waals surface area contributed by atoms with E-state index in [-0.39, 0.29) is 5.91 Å². The van der Waals surface area contributed by atoms with Crippen molar-refractivity contribution in [2.24, 2.45) is 0 Å². The topological polar surface area (TPSA) is 33.2 Å². The fraction of sp³-hybridized carbons (Fsp3) is 0.304. The Morgan fingerprint density at radius 2 is 1.92 bits per heavy atom. The van der Waals surface area contributed by atoms with Crippen LogP contribution in [0.2, 0.25) is 0 Å².